The molecule has 4 heterocycles. The van der Waals surface area contributed by atoms with Crippen molar-refractivity contribution >= 4 is 22.5 Å². The van der Waals surface area contributed by atoms with Crippen LogP contribution in [0, 0.1) is 5.92 Å². The summed E-state index contributed by atoms with van der Waals surface area (Å²) in [4.78, 5) is 25.3. The molecule has 0 bridgehead atoms. The third-order valence-electron chi connectivity index (χ3n) is 5.31. The van der Waals surface area contributed by atoms with Crippen LogP contribution < -0.4 is 10.6 Å². The molecule has 1 amide bonds. The number of carbonyl (C=O) groups is 1. The predicted octanol–water partition coefficient (Wildman–Crippen LogP) is 2.58. The Hall–Kier alpha value is -2.94. The van der Waals surface area contributed by atoms with Crippen LogP contribution in [0.2, 0.25) is 0 Å². The van der Waals surface area contributed by atoms with Crippen molar-refractivity contribution in [1.82, 2.24) is 24.8 Å². The van der Waals surface area contributed by atoms with E-state index in [9.17, 15) is 13.6 Å². The lowest BCUT2D eigenvalue weighted by Crippen LogP contribution is -2.42. The first-order chi connectivity index (χ1) is 13.5. The van der Waals surface area contributed by atoms with E-state index in [0.29, 0.717) is 5.82 Å². The molecule has 0 unspecified atom stereocenters. The Bertz CT molecular complexity index is 1070. The van der Waals surface area contributed by atoms with Crippen molar-refractivity contribution in [2.45, 2.75) is 31.9 Å². The zero-order chi connectivity index (χ0) is 19.3. The molecule has 1 fully saturated rings. The van der Waals surface area contributed by atoms with E-state index in [2.05, 4.69) is 30.2 Å². The Labute approximate surface area is 159 Å². The number of imidazole rings is 1. The van der Waals surface area contributed by atoms with Crippen molar-refractivity contribution in [3.8, 4) is 11.4 Å². The largest absolute Gasteiger partial charge is 0.324 e. The molecular formula is C19H18F2N6O. The van der Waals surface area contributed by atoms with E-state index in [-0.39, 0.29) is 0 Å². The second-order valence-electron chi connectivity index (χ2n) is 7.32. The van der Waals surface area contributed by atoms with Gasteiger partial charge in [0, 0.05) is 49.6 Å². The quantitative estimate of drug-likeness (QED) is 0.725. The van der Waals surface area contributed by atoms with Crippen LogP contribution in [0.5, 0.6) is 0 Å². The van der Waals surface area contributed by atoms with Crippen molar-refractivity contribution in [3.63, 3.8) is 0 Å². The van der Waals surface area contributed by atoms with E-state index in [0.717, 1.165) is 47.6 Å². The van der Waals surface area contributed by atoms with E-state index < -0.39 is 30.6 Å². The molecular weight excluding hydrogens is 366 g/mol. The van der Waals surface area contributed by atoms with Gasteiger partial charge >= 0.3 is 0 Å². The molecule has 0 aromatic carbocycles. The normalized spacial score (nSPS) is 18.5. The van der Waals surface area contributed by atoms with E-state index in [4.69, 9.17) is 0 Å². The first kappa shape index (κ1) is 17.2. The van der Waals surface area contributed by atoms with Gasteiger partial charge in [-0.1, -0.05) is 0 Å². The Morgan fingerprint density at radius 2 is 1.96 bits per heavy atom. The summed E-state index contributed by atoms with van der Waals surface area (Å²) in [7, 11) is 0. The summed E-state index contributed by atoms with van der Waals surface area (Å²) in [6.45, 7) is 2.44. The van der Waals surface area contributed by atoms with Crippen LogP contribution in [0.15, 0.2) is 30.7 Å². The molecule has 2 aliphatic rings. The van der Waals surface area contributed by atoms with Crippen LogP contribution in [0.1, 0.15) is 18.7 Å². The van der Waals surface area contributed by atoms with Crippen molar-refractivity contribution in [1.29, 1.82) is 0 Å². The molecule has 0 spiro atoms. The van der Waals surface area contributed by atoms with Crippen molar-refractivity contribution in [2.24, 2.45) is 5.92 Å². The van der Waals surface area contributed by atoms with Gasteiger partial charge in [0.05, 0.1) is 24.1 Å². The third kappa shape index (κ3) is 3.01. The minimum Gasteiger partial charge on any atom is -0.324 e. The molecule has 9 heteroatoms. The summed E-state index contributed by atoms with van der Waals surface area (Å²) in [5, 5.41) is 7.62. The molecule has 144 valence electrons. The Balaban J connectivity index is 1.42. The highest BCUT2D eigenvalue weighted by molar-refractivity contribution is 5.95. The number of hydrogen-bond acceptors (Lipinski definition) is 5. The highest BCUT2D eigenvalue weighted by Crippen LogP contribution is 2.42. The number of nitrogens with one attached hydrogen (secondary N) is 2. The number of carbonyl (C=O) groups excluding carboxylic acids is 1. The fourth-order valence-corrected chi connectivity index (χ4v) is 3.72. The van der Waals surface area contributed by atoms with Crippen LogP contribution in [-0.2, 0) is 17.9 Å². The molecule has 0 atom stereocenters. The lowest BCUT2D eigenvalue weighted by atomic mass is 9.81. The maximum Gasteiger partial charge on any atom is 0.249 e. The molecule has 1 aliphatic heterocycles. The molecule has 3 aromatic heterocycles. The van der Waals surface area contributed by atoms with Crippen LogP contribution in [0.3, 0.4) is 0 Å². The predicted molar refractivity (Wildman–Crippen MR) is 98.8 cm³/mol. The van der Waals surface area contributed by atoms with Gasteiger partial charge in [-0.2, -0.15) is 0 Å². The standard InChI is InChI=1S/C19H18F2N6O/c20-19(21)5-12(6-19)18(28)26-16-4-11-3-14(23-7-13(11)8-24-16)15-9-25-17-10-22-1-2-27(15)17/h3-4,7-9,12,22H,1-2,5-6,10H2,(H,24,26,28). The summed E-state index contributed by atoms with van der Waals surface area (Å²) in [5.41, 5.74) is 1.73. The average molecular weight is 384 g/mol. The monoisotopic (exact) mass is 384 g/mol. The molecule has 1 aliphatic carbocycles. The molecule has 28 heavy (non-hydrogen) atoms. The van der Waals surface area contributed by atoms with E-state index in [1.165, 1.54) is 0 Å². The molecule has 3 aromatic rings. The zero-order valence-electron chi connectivity index (χ0n) is 15.0. The molecule has 5 rings (SSSR count). The van der Waals surface area contributed by atoms with Crippen LogP contribution in [0.4, 0.5) is 14.6 Å². The number of rotatable bonds is 3. The topological polar surface area (TPSA) is 84.7 Å². The summed E-state index contributed by atoms with van der Waals surface area (Å²) in [5.74, 6) is -2.47. The number of alkyl halides is 2. The number of anilines is 1. The summed E-state index contributed by atoms with van der Waals surface area (Å²) in [6, 6.07) is 3.67. The number of pyridine rings is 2. The fraction of sp³-hybridized carbons (Fsp3) is 0.368. The molecule has 0 radical (unpaired) electrons. The average Bonchev–Trinajstić information content (AvgIpc) is 3.09. The first-order valence-corrected chi connectivity index (χ1v) is 9.18. The van der Waals surface area contributed by atoms with Gasteiger partial charge in [0.1, 0.15) is 11.6 Å². The second-order valence-corrected chi connectivity index (χ2v) is 7.32. The SMILES string of the molecule is O=C(Nc1cc2cc(-c3cnc4n3CCNC4)ncc2cn1)C1CC(F)(F)C1. The number of fused-ring (bicyclic) bond motifs is 2. The smallest absolute Gasteiger partial charge is 0.249 e. The van der Waals surface area contributed by atoms with Crippen LogP contribution >= 0.6 is 0 Å². The lowest BCUT2D eigenvalue weighted by molar-refractivity contribution is -0.145. The number of hydrogen-bond donors (Lipinski definition) is 2. The van der Waals surface area contributed by atoms with Crippen molar-refractivity contribution in [2.75, 3.05) is 11.9 Å². The van der Waals surface area contributed by atoms with E-state index in [1.807, 2.05) is 12.3 Å². The molecule has 2 N–H and O–H groups in total. The van der Waals surface area contributed by atoms with Gasteiger partial charge in [-0.05, 0) is 17.5 Å². The molecule has 7 nitrogen and oxygen atoms in total. The summed E-state index contributed by atoms with van der Waals surface area (Å²) >= 11 is 0. The Morgan fingerprint density at radius 1 is 1.14 bits per heavy atom. The summed E-state index contributed by atoms with van der Waals surface area (Å²) in [6.07, 6.45) is 4.37. The number of aromatic nitrogens is 4. The molecule has 1 saturated carbocycles. The van der Waals surface area contributed by atoms with Crippen molar-refractivity contribution < 1.29 is 13.6 Å². The van der Waals surface area contributed by atoms with Gasteiger partial charge in [-0.3, -0.25) is 9.78 Å². The minimum absolute atomic E-state index is 0.351. The maximum absolute atomic E-state index is 13.0. The Kier molecular flexibility index (Phi) is 3.87. The summed E-state index contributed by atoms with van der Waals surface area (Å²) < 4.78 is 28.1. The number of nitrogens with zero attached hydrogens (tertiary/aromatic N) is 4. The number of halogens is 2. The van der Waals surface area contributed by atoms with Gasteiger partial charge in [0.15, 0.2) is 0 Å². The molecule has 0 saturated heterocycles. The number of amides is 1. The van der Waals surface area contributed by atoms with Gasteiger partial charge in [0.25, 0.3) is 0 Å². The maximum atomic E-state index is 13.0. The van der Waals surface area contributed by atoms with Gasteiger partial charge in [0.2, 0.25) is 11.8 Å². The third-order valence-corrected chi connectivity index (χ3v) is 5.31. The first-order valence-electron chi connectivity index (χ1n) is 9.18. The van der Waals surface area contributed by atoms with Gasteiger partial charge in [-0.25, -0.2) is 18.7 Å². The van der Waals surface area contributed by atoms with E-state index >= 15 is 0 Å². The van der Waals surface area contributed by atoms with Gasteiger partial charge < -0.3 is 15.2 Å². The highest BCUT2D eigenvalue weighted by atomic mass is 19.3. The van der Waals surface area contributed by atoms with Crippen LogP contribution in [0.25, 0.3) is 22.2 Å². The minimum atomic E-state index is -2.72. The Morgan fingerprint density at radius 3 is 2.79 bits per heavy atom. The fourth-order valence-electron chi connectivity index (χ4n) is 3.72. The van der Waals surface area contributed by atoms with E-state index in [1.54, 1.807) is 18.5 Å². The zero-order valence-corrected chi connectivity index (χ0v) is 15.0. The van der Waals surface area contributed by atoms with Crippen molar-refractivity contribution in [3.05, 3.63) is 36.5 Å². The van der Waals surface area contributed by atoms with Gasteiger partial charge in [-0.15, -0.1) is 0 Å². The van der Waals surface area contributed by atoms with Crippen LogP contribution in [-0.4, -0.2) is 37.9 Å². The lowest BCUT2D eigenvalue weighted by Gasteiger charge is -2.33. The second kappa shape index (κ2) is 6.30. The highest BCUT2D eigenvalue weighted by Gasteiger charge is 2.48.